The molecule has 1 heterocycles. The third-order valence-electron chi connectivity index (χ3n) is 4.26. The Hall–Kier alpha value is -1.00. The molecule has 1 aliphatic rings. The Kier molecular flexibility index (Phi) is 6.77. The maximum atomic E-state index is 13.5. The maximum absolute atomic E-state index is 13.5. The second kappa shape index (κ2) is 8.59. The number of halogens is 1. The highest BCUT2D eigenvalue weighted by atomic mass is 32.2. The number of nitrogens with two attached hydrogens (primary N) is 1. The van der Waals surface area contributed by atoms with Gasteiger partial charge in [-0.25, -0.2) is 4.39 Å². The van der Waals surface area contributed by atoms with Crippen LogP contribution in [-0.2, 0) is 6.67 Å². The smallest absolute Gasteiger partial charge is 0.117 e. The molecule has 0 saturated carbocycles. The average molecular weight is 322 g/mol. The number of hydrogen-bond acceptors (Lipinski definition) is 3. The number of anilines is 1. The fourth-order valence-electron chi connectivity index (χ4n) is 3.05. The number of nitrogens with zero attached hydrogens (tertiary/aromatic N) is 1. The average Bonchev–Trinajstić information content (AvgIpc) is 3.07. The normalized spacial score (nSPS) is 16.1. The minimum absolute atomic E-state index is 0.403. The maximum Gasteiger partial charge on any atom is 0.117 e. The molecular weight excluding hydrogens is 295 g/mol. The summed E-state index contributed by atoms with van der Waals surface area (Å²) in [6.45, 7) is 5.99. The third kappa shape index (κ3) is 4.05. The van der Waals surface area contributed by atoms with Crippen LogP contribution in [0, 0.1) is 0 Å². The van der Waals surface area contributed by atoms with Gasteiger partial charge in [-0.1, -0.05) is 19.4 Å². The summed E-state index contributed by atoms with van der Waals surface area (Å²) in [6.07, 6.45) is 4.55. The highest BCUT2D eigenvalue weighted by Crippen LogP contribution is 2.33. The summed E-state index contributed by atoms with van der Waals surface area (Å²) < 4.78 is 13.5. The van der Waals surface area contributed by atoms with Crippen molar-refractivity contribution in [2.24, 2.45) is 5.73 Å². The van der Waals surface area contributed by atoms with Gasteiger partial charge in [0.1, 0.15) is 6.67 Å². The van der Waals surface area contributed by atoms with Crippen molar-refractivity contribution >= 4 is 23.0 Å². The van der Waals surface area contributed by atoms with E-state index >= 15 is 0 Å². The quantitative estimate of drug-likeness (QED) is 0.721. The van der Waals surface area contributed by atoms with Crippen molar-refractivity contribution in [1.29, 1.82) is 0 Å². The number of thioether (sulfide) groups is 1. The summed E-state index contributed by atoms with van der Waals surface area (Å²) in [6, 6.07) is 6.25. The summed E-state index contributed by atoms with van der Waals surface area (Å²) in [7, 11) is 0. The molecule has 0 atom stereocenters. The van der Waals surface area contributed by atoms with Gasteiger partial charge in [0.2, 0.25) is 0 Å². The first-order valence-electron chi connectivity index (χ1n) is 8.18. The first-order valence-corrected chi connectivity index (χ1v) is 9.16. The van der Waals surface area contributed by atoms with Crippen LogP contribution in [0.3, 0.4) is 0 Å². The van der Waals surface area contributed by atoms with Gasteiger partial charge in [-0.05, 0) is 54.4 Å². The molecule has 0 bridgehead atoms. The molecule has 0 unspecified atom stereocenters. The molecule has 0 amide bonds. The molecule has 1 fully saturated rings. The number of hydrogen-bond donors (Lipinski definition) is 1. The van der Waals surface area contributed by atoms with E-state index in [9.17, 15) is 4.39 Å². The van der Waals surface area contributed by atoms with Crippen LogP contribution in [-0.4, -0.2) is 19.0 Å². The number of alkyl halides is 1. The van der Waals surface area contributed by atoms with E-state index in [0.29, 0.717) is 5.88 Å². The van der Waals surface area contributed by atoms with Crippen LogP contribution in [0.1, 0.15) is 50.7 Å². The standard InChI is InChI=1S/C18H27FN2S/c1-3-6-18(22-13-20)14(2)15-7-8-17(16(11-15)12-19)21-9-4-5-10-21/h7-8,11H,3-6,9-10,12-13,20H2,1-2H3/b18-14+. The van der Waals surface area contributed by atoms with E-state index in [2.05, 4.69) is 30.9 Å². The molecule has 1 saturated heterocycles. The van der Waals surface area contributed by atoms with Crippen LogP contribution in [0.5, 0.6) is 0 Å². The topological polar surface area (TPSA) is 29.3 Å². The lowest BCUT2D eigenvalue weighted by molar-refractivity contribution is 0.485. The first kappa shape index (κ1) is 17.4. The monoisotopic (exact) mass is 322 g/mol. The lowest BCUT2D eigenvalue weighted by atomic mass is 10.0. The molecular formula is C18H27FN2S. The van der Waals surface area contributed by atoms with Gasteiger partial charge in [-0.3, -0.25) is 0 Å². The molecule has 1 aromatic carbocycles. The summed E-state index contributed by atoms with van der Waals surface area (Å²) in [5, 5.41) is 0. The van der Waals surface area contributed by atoms with E-state index in [0.717, 1.165) is 42.7 Å². The number of rotatable bonds is 7. The molecule has 0 radical (unpaired) electrons. The van der Waals surface area contributed by atoms with Crippen molar-refractivity contribution in [1.82, 2.24) is 0 Å². The van der Waals surface area contributed by atoms with E-state index in [1.165, 1.54) is 23.3 Å². The molecule has 122 valence electrons. The fraction of sp³-hybridized carbons (Fsp3) is 0.556. The van der Waals surface area contributed by atoms with Gasteiger partial charge in [0, 0.05) is 30.2 Å². The largest absolute Gasteiger partial charge is 0.371 e. The zero-order valence-corrected chi connectivity index (χ0v) is 14.5. The minimum atomic E-state index is -0.403. The highest BCUT2D eigenvalue weighted by Gasteiger charge is 2.16. The molecule has 0 spiro atoms. The second-order valence-corrected chi connectivity index (χ2v) is 6.90. The van der Waals surface area contributed by atoms with Crippen LogP contribution in [0.15, 0.2) is 23.1 Å². The Morgan fingerprint density at radius 2 is 2.05 bits per heavy atom. The summed E-state index contributed by atoms with van der Waals surface area (Å²) >= 11 is 1.70. The molecule has 0 aromatic heterocycles. The SMILES string of the molecule is CCC/C(SCN)=C(/C)c1ccc(N2CCCC2)c(CF)c1. The highest BCUT2D eigenvalue weighted by molar-refractivity contribution is 8.03. The van der Waals surface area contributed by atoms with E-state index in [4.69, 9.17) is 5.73 Å². The van der Waals surface area contributed by atoms with Gasteiger partial charge in [0.15, 0.2) is 0 Å². The van der Waals surface area contributed by atoms with Gasteiger partial charge < -0.3 is 10.6 Å². The molecule has 2 nitrogen and oxygen atoms in total. The Bertz CT molecular complexity index is 514. The Balaban J connectivity index is 2.33. The zero-order valence-electron chi connectivity index (χ0n) is 13.7. The zero-order chi connectivity index (χ0) is 15.9. The van der Waals surface area contributed by atoms with E-state index in [1.54, 1.807) is 11.8 Å². The lowest BCUT2D eigenvalue weighted by Gasteiger charge is -2.21. The second-order valence-electron chi connectivity index (χ2n) is 5.78. The molecule has 22 heavy (non-hydrogen) atoms. The van der Waals surface area contributed by atoms with Crippen LogP contribution < -0.4 is 10.6 Å². The fourth-order valence-corrected chi connectivity index (χ4v) is 3.93. The van der Waals surface area contributed by atoms with E-state index < -0.39 is 6.67 Å². The Morgan fingerprint density at radius 3 is 2.64 bits per heavy atom. The van der Waals surface area contributed by atoms with Crippen molar-refractivity contribution in [3.05, 3.63) is 34.2 Å². The van der Waals surface area contributed by atoms with E-state index in [-0.39, 0.29) is 0 Å². The Morgan fingerprint density at radius 1 is 1.32 bits per heavy atom. The summed E-state index contributed by atoms with van der Waals surface area (Å²) in [4.78, 5) is 3.63. The number of allylic oxidation sites excluding steroid dienone is 2. The molecule has 4 heteroatoms. The van der Waals surface area contributed by atoms with Crippen LogP contribution in [0.25, 0.3) is 5.57 Å². The summed E-state index contributed by atoms with van der Waals surface area (Å²) in [5.41, 5.74) is 9.94. The van der Waals surface area contributed by atoms with Gasteiger partial charge in [0.25, 0.3) is 0 Å². The molecule has 1 aliphatic heterocycles. The summed E-state index contributed by atoms with van der Waals surface area (Å²) in [5.74, 6) is 0.592. The molecule has 0 aliphatic carbocycles. The van der Waals surface area contributed by atoms with Crippen molar-refractivity contribution in [3.63, 3.8) is 0 Å². The minimum Gasteiger partial charge on any atom is -0.371 e. The number of benzene rings is 1. The van der Waals surface area contributed by atoms with Crippen LogP contribution in [0.4, 0.5) is 10.1 Å². The van der Waals surface area contributed by atoms with Gasteiger partial charge in [0.05, 0.1) is 0 Å². The molecule has 2 N–H and O–H groups in total. The predicted octanol–water partition coefficient (Wildman–Crippen LogP) is 4.94. The van der Waals surface area contributed by atoms with Crippen LogP contribution in [0.2, 0.25) is 0 Å². The van der Waals surface area contributed by atoms with Crippen molar-refractivity contribution in [2.75, 3.05) is 23.9 Å². The lowest BCUT2D eigenvalue weighted by Crippen LogP contribution is -2.19. The van der Waals surface area contributed by atoms with Crippen molar-refractivity contribution in [2.45, 2.75) is 46.2 Å². The van der Waals surface area contributed by atoms with Crippen molar-refractivity contribution in [3.8, 4) is 0 Å². The third-order valence-corrected chi connectivity index (χ3v) is 5.28. The Labute approximate surface area is 138 Å². The van der Waals surface area contributed by atoms with Crippen molar-refractivity contribution < 1.29 is 4.39 Å². The molecule has 1 aromatic rings. The van der Waals surface area contributed by atoms with Gasteiger partial charge >= 0.3 is 0 Å². The molecule has 2 rings (SSSR count). The first-order chi connectivity index (χ1) is 10.7. The van der Waals surface area contributed by atoms with E-state index in [1.807, 2.05) is 6.07 Å². The van der Waals surface area contributed by atoms with Crippen LogP contribution >= 0.6 is 11.8 Å². The van der Waals surface area contributed by atoms with Gasteiger partial charge in [-0.15, -0.1) is 11.8 Å². The predicted molar refractivity (Wildman–Crippen MR) is 96.8 cm³/mol. The van der Waals surface area contributed by atoms with Gasteiger partial charge in [-0.2, -0.15) is 0 Å².